The minimum atomic E-state index is -0.808. The first-order valence-corrected chi connectivity index (χ1v) is 5.99. The number of carbonyl (C=O) groups is 2. The maximum absolute atomic E-state index is 11.9. The van der Waals surface area contributed by atoms with Crippen LogP contribution in [0.25, 0.3) is 0 Å². The summed E-state index contributed by atoms with van der Waals surface area (Å²) in [5.74, 6) is -0.736. The van der Waals surface area contributed by atoms with E-state index in [9.17, 15) is 9.59 Å². The molecule has 0 atom stereocenters. The minimum absolute atomic E-state index is 0.0717. The lowest BCUT2D eigenvalue weighted by Gasteiger charge is -2.26. The van der Waals surface area contributed by atoms with Gasteiger partial charge in [-0.25, -0.2) is 0 Å². The normalized spacial score (nSPS) is 10.6. The fourth-order valence-electron chi connectivity index (χ4n) is 1.56. The first-order chi connectivity index (χ1) is 7.99. The lowest BCUT2D eigenvalue weighted by Crippen LogP contribution is -2.39. The molecule has 0 bridgehead atoms. The number of carbonyl (C=O) groups excluding carboxylic acids is 1. The molecular weight excluding hydrogens is 222 g/mol. The number of hydrogen-bond acceptors (Lipinski definition) is 3. The molecule has 0 fully saturated rings. The van der Waals surface area contributed by atoms with Gasteiger partial charge in [0.1, 0.15) is 0 Å². The van der Waals surface area contributed by atoms with Crippen LogP contribution < -0.4 is 0 Å². The zero-order valence-corrected chi connectivity index (χ0v) is 10.9. The quantitative estimate of drug-likeness (QED) is 0.625. The molecular formula is C12H23NO4. The molecule has 0 aliphatic heterocycles. The van der Waals surface area contributed by atoms with Crippen LogP contribution in [0.2, 0.25) is 0 Å². The molecule has 1 N–H and O–H groups in total. The number of ether oxygens (including phenoxy) is 1. The molecule has 0 aromatic heterocycles. The highest BCUT2D eigenvalue weighted by molar-refractivity contribution is 5.76. The van der Waals surface area contributed by atoms with Crippen molar-refractivity contribution >= 4 is 11.9 Å². The van der Waals surface area contributed by atoms with Crippen LogP contribution in [-0.4, -0.2) is 48.2 Å². The maximum Gasteiger partial charge on any atom is 0.303 e. The lowest BCUT2D eigenvalue weighted by atomic mass is 10.1. The third-order valence-electron chi connectivity index (χ3n) is 2.51. The van der Waals surface area contributed by atoms with E-state index in [2.05, 4.69) is 0 Å². The van der Waals surface area contributed by atoms with Crippen molar-refractivity contribution < 1.29 is 19.4 Å². The van der Waals surface area contributed by atoms with Gasteiger partial charge in [-0.05, 0) is 26.7 Å². The predicted octanol–water partition coefficient (Wildman–Crippen LogP) is 1.51. The molecule has 100 valence electrons. The molecule has 0 spiro atoms. The van der Waals surface area contributed by atoms with E-state index < -0.39 is 5.97 Å². The molecule has 0 radical (unpaired) electrons. The Labute approximate surface area is 103 Å². The Bertz CT molecular complexity index is 241. The number of carboxylic acids is 1. The van der Waals surface area contributed by atoms with E-state index in [1.54, 1.807) is 12.0 Å². The van der Waals surface area contributed by atoms with E-state index >= 15 is 0 Å². The van der Waals surface area contributed by atoms with E-state index in [-0.39, 0.29) is 18.4 Å². The van der Waals surface area contributed by atoms with Crippen LogP contribution in [0.3, 0.4) is 0 Å². The number of carboxylic acid groups (broad SMARTS) is 1. The van der Waals surface area contributed by atoms with Crippen LogP contribution in [0.15, 0.2) is 0 Å². The van der Waals surface area contributed by atoms with Gasteiger partial charge >= 0.3 is 5.97 Å². The molecule has 0 saturated carbocycles. The van der Waals surface area contributed by atoms with Crippen LogP contribution in [0.4, 0.5) is 0 Å². The zero-order chi connectivity index (χ0) is 13.3. The van der Waals surface area contributed by atoms with Crippen LogP contribution in [0.5, 0.6) is 0 Å². The van der Waals surface area contributed by atoms with Crippen molar-refractivity contribution in [2.75, 3.05) is 20.3 Å². The highest BCUT2D eigenvalue weighted by Gasteiger charge is 2.15. The Balaban J connectivity index is 3.93. The van der Waals surface area contributed by atoms with Gasteiger partial charge in [-0.1, -0.05) is 0 Å². The summed E-state index contributed by atoms with van der Waals surface area (Å²) in [5, 5.41) is 8.48. The third-order valence-corrected chi connectivity index (χ3v) is 2.51. The fourth-order valence-corrected chi connectivity index (χ4v) is 1.56. The molecule has 0 aromatic carbocycles. The molecule has 5 nitrogen and oxygen atoms in total. The van der Waals surface area contributed by atoms with Gasteiger partial charge in [-0.15, -0.1) is 0 Å². The molecule has 0 aromatic rings. The number of aliphatic carboxylic acids is 1. The van der Waals surface area contributed by atoms with Crippen LogP contribution in [0.1, 0.15) is 39.5 Å². The summed E-state index contributed by atoms with van der Waals surface area (Å²) in [7, 11) is 1.61. The second-order valence-corrected chi connectivity index (χ2v) is 4.27. The number of amides is 1. The Hall–Kier alpha value is -1.10. The van der Waals surface area contributed by atoms with Crippen LogP contribution in [-0.2, 0) is 14.3 Å². The second-order valence-electron chi connectivity index (χ2n) is 4.27. The molecule has 0 unspecified atom stereocenters. The molecule has 0 aliphatic rings. The summed E-state index contributed by atoms with van der Waals surface area (Å²) in [5.41, 5.74) is 0. The highest BCUT2D eigenvalue weighted by Crippen LogP contribution is 2.06. The van der Waals surface area contributed by atoms with Gasteiger partial charge in [-0.2, -0.15) is 0 Å². The van der Waals surface area contributed by atoms with Crippen molar-refractivity contribution in [3.63, 3.8) is 0 Å². The van der Waals surface area contributed by atoms with Gasteiger partial charge in [0.25, 0.3) is 0 Å². The van der Waals surface area contributed by atoms with Crippen molar-refractivity contribution in [2.24, 2.45) is 0 Å². The SMILES string of the molecule is COCCN(C(=O)CCCCC(=O)O)C(C)C. The van der Waals surface area contributed by atoms with Crippen molar-refractivity contribution in [3.8, 4) is 0 Å². The highest BCUT2D eigenvalue weighted by atomic mass is 16.5. The van der Waals surface area contributed by atoms with Gasteiger partial charge in [0, 0.05) is 32.5 Å². The standard InChI is InChI=1S/C12H23NO4/c1-10(2)13(8-9-17-3)11(14)6-4-5-7-12(15)16/h10H,4-9H2,1-3H3,(H,15,16). The Morgan fingerprint density at radius 3 is 2.29 bits per heavy atom. The Morgan fingerprint density at radius 2 is 1.82 bits per heavy atom. The number of rotatable bonds is 9. The molecule has 17 heavy (non-hydrogen) atoms. The summed E-state index contributed by atoms with van der Waals surface area (Å²) < 4.78 is 4.96. The Kier molecular flexibility index (Phi) is 8.40. The average Bonchev–Trinajstić information content (AvgIpc) is 2.24. The van der Waals surface area contributed by atoms with E-state index in [0.29, 0.717) is 32.4 Å². The van der Waals surface area contributed by atoms with Crippen molar-refractivity contribution in [3.05, 3.63) is 0 Å². The van der Waals surface area contributed by atoms with Gasteiger partial charge in [0.15, 0.2) is 0 Å². The topological polar surface area (TPSA) is 66.8 Å². The minimum Gasteiger partial charge on any atom is -0.481 e. The van der Waals surface area contributed by atoms with Crippen molar-refractivity contribution in [1.82, 2.24) is 4.90 Å². The molecule has 0 heterocycles. The molecule has 1 amide bonds. The smallest absolute Gasteiger partial charge is 0.303 e. The number of unbranched alkanes of at least 4 members (excludes halogenated alkanes) is 1. The first-order valence-electron chi connectivity index (χ1n) is 5.99. The van der Waals surface area contributed by atoms with E-state index in [1.807, 2.05) is 13.8 Å². The van der Waals surface area contributed by atoms with Gasteiger partial charge in [0.2, 0.25) is 5.91 Å². The van der Waals surface area contributed by atoms with E-state index in [4.69, 9.17) is 9.84 Å². The summed E-state index contributed by atoms with van der Waals surface area (Å²) in [6.07, 6.45) is 1.72. The zero-order valence-electron chi connectivity index (χ0n) is 10.9. The van der Waals surface area contributed by atoms with Crippen molar-refractivity contribution in [2.45, 2.75) is 45.6 Å². The number of nitrogens with zero attached hydrogens (tertiary/aromatic N) is 1. The average molecular weight is 245 g/mol. The molecule has 0 aliphatic carbocycles. The van der Waals surface area contributed by atoms with Gasteiger partial charge in [0.05, 0.1) is 6.61 Å². The monoisotopic (exact) mass is 245 g/mol. The summed E-state index contributed by atoms with van der Waals surface area (Å²) in [6.45, 7) is 5.04. The van der Waals surface area contributed by atoms with E-state index in [1.165, 1.54) is 0 Å². The van der Waals surface area contributed by atoms with Crippen LogP contribution in [0, 0.1) is 0 Å². The Morgan fingerprint density at radius 1 is 1.24 bits per heavy atom. The molecule has 0 rings (SSSR count). The first kappa shape index (κ1) is 15.9. The summed E-state index contributed by atoms with van der Waals surface area (Å²) >= 11 is 0. The summed E-state index contributed by atoms with van der Waals surface area (Å²) in [4.78, 5) is 23.9. The lowest BCUT2D eigenvalue weighted by molar-refractivity contribution is -0.138. The largest absolute Gasteiger partial charge is 0.481 e. The summed E-state index contributed by atoms with van der Waals surface area (Å²) in [6, 6.07) is 0.150. The van der Waals surface area contributed by atoms with Crippen LogP contribution >= 0.6 is 0 Å². The van der Waals surface area contributed by atoms with Gasteiger partial charge in [-0.3, -0.25) is 9.59 Å². The van der Waals surface area contributed by atoms with E-state index in [0.717, 1.165) is 0 Å². The maximum atomic E-state index is 11.9. The van der Waals surface area contributed by atoms with Gasteiger partial charge < -0.3 is 14.7 Å². The predicted molar refractivity (Wildman–Crippen MR) is 64.8 cm³/mol. The fraction of sp³-hybridized carbons (Fsp3) is 0.833. The second kappa shape index (κ2) is 8.98. The number of methoxy groups -OCH3 is 1. The molecule has 0 saturated heterocycles. The molecule has 5 heteroatoms. The van der Waals surface area contributed by atoms with Crippen molar-refractivity contribution in [1.29, 1.82) is 0 Å². The number of hydrogen-bond donors (Lipinski definition) is 1. The third kappa shape index (κ3) is 7.74.